The van der Waals surface area contributed by atoms with Gasteiger partial charge in [0.1, 0.15) is 0 Å². The Balaban J connectivity index is 1.88. The summed E-state index contributed by atoms with van der Waals surface area (Å²) in [6.07, 6.45) is 6.50. The molecule has 101 valence electrons. The van der Waals surface area contributed by atoms with Gasteiger partial charge in [-0.05, 0) is 52.1 Å². The average Bonchev–Trinajstić information content (AvgIpc) is 2.49. The fraction of sp³-hybridized carbons (Fsp3) is 0.300. The molecule has 0 nitrogen and oxygen atoms in total. The number of fused-ring (bicyclic) bond motifs is 2. The van der Waals surface area contributed by atoms with E-state index in [1.54, 1.807) is 0 Å². The van der Waals surface area contributed by atoms with Crippen LogP contribution in [-0.2, 0) is 6.42 Å². The standard InChI is InChI=1S/C20H21/c1-2-3-4-5-8-16-11-12-19-14-17-9-6-7-10-18(17)15-20(19)13-16/h6-7,9-13,15H,2-5,8H2,1H3. The monoisotopic (exact) mass is 261 g/mol. The van der Waals surface area contributed by atoms with Crippen molar-refractivity contribution in [1.82, 2.24) is 0 Å². The van der Waals surface area contributed by atoms with Gasteiger partial charge in [-0.15, -0.1) is 0 Å². The van der Waals surface area contributed by atoms with Gasteiger partial charge in [0.05, 0.1) is 0 Å². The highest BCUT2D eigenvalue weighted by molar-refractivity contribution is 5.97. The van der Waals surface area contributed by atoms with Crippen molar-refractivity contribution in [3.63, 3.8) is 0 Å². The first-order chi connectivity index (χ1) is 9.86. The van der Waals surface area contributed by atoms with Crippen LogP contribution in [-0.4, -0.2) is 0 Å². The average molecular weight is 261 g/mol. The molecule has 0 heteroatoms. The molecule has 0 aliphatic heterocycles. The third-order valence-electron chi connectivity index (χ3n) is 3.98. The van der Waals surface area contributed by atoms with Gasteiger partial charge in [0, 0.05) is 0 Å². The molecular formula is C20H21. The molecule has 1 radical (unpaired) electrons. The minimum atomic E-state index is 1.20. The van der Waals surface area contributed by atoms with Crippen molar-refractivity contribution in [1.29, 1.82) is 0 Å². The van der Waals surface area contributed by atoms with E-state index in [2.05, 4.69) is 61.5 Å². The van der Waals surface area contributed by atoms with Crippen LogP contribution >= 0.6 is 0 Å². The summed E-state index contributed by atoms with van der Waals surface area (Å²) in [5.41, 5.74) is 1.46. The molecule has 0 N–H and O–H groups in total. The summed E-state index contributed by atoms with van der Waals surface area (Å²) >= 11 is 0. The molecule has 0 aromatic heterocycles. The lowest BCUT2D eigenvalue weighted by molar-refractivity contribution is 0.667. The van der Waals surface area contributed by atoms with Gasteiger partial charge in [0.2, 0.25) is 0 Å². The van der Waals surface area contributed by atoms with Crippen LogP contribution in [0.1, 0.15) is 38.2 Å². The minimum absolute atomic E-state index is 1.20. The Labute approximate surface area is 121 Å². The van der Waals surface area contributed by atoms with Gasteiger partial charge < -0.3 is 0 Å². The van der Waals surface area contributed by atoms with Crippen molar-refractivity contribution in [3.05, 3.63) is 60.2 Å². The topological polar surface area (TPSA) is 0 Å². The fourth-order valence-corrected chi connectivity index (χ4v) is 2.81. The Hall–Kier alpha value is -1.82. The van der Waals surface area contributed by atoms with Crippen LogP contribution in [0.2, 0.25) is 0 Å². The van der Waals surface area contributed by atoms with E-state index < -0.39 is 0 Å². The molecule has 0 amide bonds. The van der Waals surface area contributed by atoms with Crippen molar-refractivity contribution >= 4 is 21.5 Å². The van der Waals surface area contributed by atoms with Crippen LogP contribution in [0, 0.1) is 6.07 Å². The SMILES string of the molecule is CCCCCCc1ccc2[c]c3ccccc3cc2c1. The van der Waals surface area contributed by atoms with E-state index in [-0.39, 0.29) is 0 Å². The lowest BCUT2D eigenvalue weighted by atomic mass is 9.99. The zero-order valence-electron chi connectivity index (χ0n) is 12.2. The van der Waals surface area contributed by atoms with Gasteiger partial charge in [-0.3, -0.25) is 0 Å². The molecule has 3 rings (SSSR count). The van der Waals surface area contributed by atoms with Crippen LogP contribution < -0.4 is 0 Å². The van der Waals surface area contributed by atoms with Crippen LogP contribution in [0.25, 0.3) is 21.5 Å². The minimum Gasteiger partial charge on any atom is -0.0654 e. The highest BCUT2D eigenvalue weighted by atomic mass is 14.0. The van der Waals surface area contributed by atoms with E-state index in [1.165, 1.54) is 59.2 Å². The van der Waals surface area contributed by atoms with E-state index in [1.807, 2.05) is 0 Å². The maximum Gasteiger partial charge on any atom is -0.00143 e. The highest BCUT2D eigenvalue weighted by Gasteiger charge is 2.00. The van der Waals surface area contributed by atoms with E-state index in [0.717, 1.165) is 0 Å². The van der Waals surface area contributed by atoms with Gasteiger partial charge in [-0.2, -0.15) is 0 Å². The van der Waals surface area contributed by atoms with Crippen LogP contribution in [0.3, 0.4) is 0 Å². The van der Waals surface area contributed by atoms with Crippen LogP contribution in [0.4, 0.5) is 0 Å². The van der Waals surface area contributed by atoms with Crippen LogP contribution in [0.15, 0.2) is 48.5 Å². The van der Waals surface area contributed by atoms with Crippen LogP contribution in [0.5, 0.6) is 0 Å². The molecule has 0 spiro atoms. The summed E-state index contributed by atoms with van der Waals surface area (Å²) in [5, 5.41) is 5.02. The van der Waals surface area contributed by atoms with E-state index in [9.17, 15) is 0 Å². The Kier molecular flexibility index (Phi) is 4.01. The fourth-order valence-electron chi connectivity index (χ4n) is 2.81. The van der Waals surface area contributed by atoms with Crippen molar-refractivity contribution in [2.24, 2.45) is 0 Å². The first-order valence-electron chi connectivity index (χ1n) is 7.70. The summed E-state index contributed by atoms with van der Waals surface area (Å²) in [6, 6.07) is 21.1. The molecule has 0 aliphatic rings. The number of unbranched alkanes of at least 4 members (excludes halogenated alkanes) is 3. The third kappa shape index (κ3) is 2.85. The van der Waals surface area contributed by atoms with Crippen molar-refractivity contribution in [2.45, 2.75) is 39.0 Å². The van der Waals surface area contributed by atoms with Crippen molar-refractivity contribution < 1.29 is 0 Å². The molecule has 0 bridgehead atoms. The van der Waals surface area contributed by atoms with E-state index in [0.29, 0.717) is 0 Å². The highest BCUT2D eigenvalue weighted by Crippen LogP contribution is 2.23. The normalized spacial score (nSPS) is 11.2. The third-order valence-corrected chi connectivity index (χ3v) is 3.98. The van der Waals surface area contributed by atoms with Crippen molar-refractivity contribution in [2.75, 3.05) is 0 Å². The maximum absolute atomic E-state index is 3.51. The van der Waals surface area contributed by atoms with Gasteiger partial charge in [-0.1, -0.05) is 68.7 Å². The molecule has 0 saturated carbocycles. The first-order valence-corrected chi connectivity index (χ1v) is 7.70. The van der Waals surface area contributed by atoms with Gasteiger partial charge in [0.15, 0.2) is 0 Å². The smallest absolute Gasteiger partial charge is 0.00143 e. The van der Waals surface area contributed by atoms with Gasteiger partial charge in [0.25, 0.3) is 0 Å². The molecule has 0 aliphatic carbocycles. The Bertz CT molecular complexity index is 709. The molecule has 3 aromatic rings. The van der Waals surface area contributed by atoms with E-state index >= 15 is 0 Å². The summed E-state index contributed by atoms with van der Waals surface area (Å²) < 4.78 is 0. The second-order valence-corrected chi connectivity index (χ2v) is 5.59. The Morgan fingerprint density at radius 1 is 0.800 bits per heavy atom. The molecule has 0 atom stereocenters. The number of aryl methyl sites for hydroxylation is 1. The first kappa shape index (κ1) is 13.2. The molecule has 0 saturated heterocycles. The lowest BCUT2D eigenvalue weighted by Crippen LogP contribution is -1.86. The predicted octanol–water partition coefficient (Wildman–Crippen LogP) is 5.92. The predicted molar refractivity (Wildman–Crippen MR) is 88.1 cm³/mol. The Morgan fingerprint density at radius 2 is 1.65 bits per heavy atom. The summed E-state index contributed by atoms with van der Waals surface area (Å²) in [6.45, 7) is 2.26. The summed E-state index contributed by atoms with van der Waals surface area (Å²) in [4.78, 5) is 0. The molecule has 20 heavy (non-hydrogen) atoms. The number of benzene rings is 3. The summed E-state index contributed by atoms with van der Waals surface area (Å²) in [5.74, 6) is 0. The zero-order chi connectivity index (χ0) is 13.8. The Morgan fingerprint density at radius 3 is 2.55 bits per heavy atom. The molecule has 0 unspecified atom stereocenters. The van der Waals surface area contributed by atoms with Gasteiger partial charge >= 0.3 is 0 Å². The molecule has 0 heterocycles. The van der Waals surface area contributed by atoms with E-state index in [4.69, 9.17) is 0 Å². The number of hydrogen-bond donors (Lipinski definition) is 0. The quantitative estimate of drug-likeness (QED) is 0.395. The lowest BCUT2D eigenvalue weighted by Gasteiger charge is -2.05. The zero-order valence-corrected chi connectivity index (χ0v) is 12.2. The van der Waals surface area contributed by atoms with Gasteiger partial charge in [-0.25, -0.2) is 0 Å². The van der Waals surface area contributed by atoms with Crippen molar-refractivity contribution in [3.8, 4) is 0 Å². The molecule has 0 fully saturated rings. The number of rotatable bonds is 5. The second-order valence-electron chi connectivity index (χ2n) is 5.59. The number of hydrogen-bond acceptors (Lipinski definition) is 0. The molecule has 3 aromatic carbocycles. The largest absolute Gasteiger partial charge is 0.0654 e. The molecular weight excluding hydrogens is 240 g/mol. The maximum atomic E-state index is 3.51. The summed E-state index contributed by atoms with van der Waals surface area (Å²) in [7, 11) is 0. The second kappa shape index (κ2) is 6.09.